The normalized spacial score (nSPS) is 13.1. The third-order valence-corrected chi connectivity index (χ3v) is 4.63. The lowest BCUT2D eigenvalue weighted by Crippen LogP contribution is -2.30. The van der Waals surface area contributed by atoms with Crippen LogP contribution in [-0.4, -0.2) is 36.1 Å². The van der Waals surface area contributed by atoms with Gasteiger partial charge in [-0.1, -0.05) is 28.1 Å². The smallest absolute Gasteiger partial charge is 0.258 e. The summed E-state index contributed by atoms with van der Waals surface area (Å²) in [7, 11) is 0. The summed E-state index contributed by atoms with van der Waals surface area (Å²) in [6.45, 7) is 0.455. The first kappa shape index (κ1) is 19.2. The Morgan fingerprint density at radius 3 is 2.59 bits per heavy atom. The molecule has 2 aromatic carbocycles. The number of nitrogens with one attached hydrogen (secondary N) is 2. The molecule has 3 N–H and O–H groups in total. The van der Waals surface area contributed by atoms with Crippen molar-refractivity contribution in [1.29, 1.82) is 0 Å². The number of carbonyl (C=O) groups excluding carboxylic acids is 2. The molecule has 142 valence electrons. The number of halogens is 1. The van der Waals surface area contributed by atoms with Crippen molar-refractivity contribution >= 4 is 27.7 Å². The van der Waals surface area contributed by atoms with Crippen LogP contribution in [0.4, 0.5) is 0 Å². The molecular formula is C20H21BrN2O4. The van der Waals surface area contributed by atoms with Gasteiger partial charge in [0.15, 0.2) is 6.61 Å². The third-order valence-electron chi connectivity index (χ3n) is 4.14. The van der Waals surface area contributed by atoms with E-state index in [4.69, 9.17) is 4.74 Å². The summed E-state index contributed by atoms with van der Waals surface area (Å²) in [6, 6.07) is 12.5. The number of carbonyl (C=O) groups is 2. The Morgan fingerprint density at radius 2 is 1.89 bits per heavy atom. The van der Waals surface area contributed by atoms with E-state index in [2.05, 4.69) is 26.6 Å². The minimum atomic E-state index is -0.324. The lowest BCUT2D eigenvalue weighted by Gasteiger charge is -2.09. The summed E-state index contributed by atoms with van der Waals surface area (Å²) in [5.41, 5.74) is 1.26. The second kappa shape index (κ2) is 8.90. The Morgan fingerprint density at radius 1 is 1.15 bits per heavy atom. The standard InChI is InChI=1S/C20H21BrN2O4/c21-14-3-8-18(24)17(11-14)20(26)22-10-9-13-1-6-16(7-2-13)27-12-19(25)23-15-4-5-15/h1-3,6-8,11,15,24H,4-5,9-10,12H2,(H,22,26)(H,23,25). The number of hydrogen-bond acceptors (Lipinski definition) is 4. The van der Waals surface area contributed by atoms with Gasteiger partial charge in [0.1, 0.15) is 11.5 Å². The fourth-order valence-electron chi connectivity index (χ4n) is 2.50. The van der Waals surface area contributed by atoms with Crippen LogP contribution in [0.3, 0.4) is 0 Å². The van der Waals surface area contributed by atoms with Crippen molar-refractivity contribution in [3.8, 4) is 11.5 Å². The fourth-order valence-corrected chi connectivity index (χ4v) is 2.87. The predicted octanol–water partition coefficient (Wildman–Crippen LogP) is 2.78. The van der Waals surface area contributed by atoms with Gasteiger partial charge in [0.2, 0.25) is 0 Å². The van der Waals surface area contributed by atoms with E-state index in [1.54, 1.807) is 12.1 Å². The summed E-state index contributed by atoms with van der Waals surface area (Å²) in [4.78, 5) is 23.7. The van der Waals surface area contributed by atoms with E-state index in [9.17, 15) is 14.7 Å². The highest BCUT2D eigenvalue weighted by Crippen LogP contribution is 2.21. The van der Waals surface area contributed by atoms with Crippen molar-refractivity contribution in [3.63, 3.8) is 0 Å². The molecule has 6 nitrogen and oxygen atoms in total. The zero-order valence-electron chi connectivity index (χ0n) is 14.7. The summed E-state index contributed by atoms with van der Waals surface area (Å²) in [5, 5.41) is 15.4. The van der Waals surface area contributed by atoms with Gasteiger partial charge in [-0.25, -0.2) is 0 Å². The number of aromatic hydroxyl groups is 1. The molecule has 2 amide bonds. The molecule has 2 aromatic rings. The maximum Gasteiger partial charge on any atom is 0.258 e. The summed E-state index contributed by atoms with van der Waals surface area (Å²) < 4.78 is 6.19. The SMILES string of the molecule is O=C(COc1ccc(CCNC(=O)c2cc(Br)ccc2O)cc1)NC1CC1. The Kier molecular flexibility index (Phi) is 6.34. The van der Waals surface area contributed by atoms with Gasteiger partial charge in [0, 0.05) is 17.1 Å². The first-order chi connectivity index (χ1) is 13.0. The van der Waals surface area contributed by atoms with Gasteiger partial charge in [-0.05, 0) is 55.2 Å². The molecule has 1 fully saturated rings. The zero-order chi connectivity index (χ0) is 19.2. The van der Waals surface area contributed by atoms with E-state index in [-0.39, 0.29) is 29.7 Å². The van der Waals surface area contributed by atoms with Crippen LogP contribution in [0, 0.1) is 0 Å². The Bertz CT molecular complexity index is 819. The van der Waals surface area contributed by atoms with Crippen molar-refractivity contribution in [2.45, 2.75) is 25.3 Å². The minimum absolute atomic E-state index is 0.0159. The fraction of sp³-hybridized carbons (Fsp3) is 0.300. The quantitative estimate of drug-likeness (QED) is 0.598. The number of benzene rings is 2. The van der Waals surface area contributed by atoms with Crippen LogP contribution >= 0.6 is 15.9 Å². The Balaban J connectivity index is 1.42. The highest BCUT2D eigenvalue weighted by atomic mass is 79.9. The molecule has 27 heavy (non-hydrogen) atoms. The van der Waals surface area contributed by atoms with Gasteiger partial charge in [-0.15, -0.1) is 0 Å². The molecule has 0 heterocycles. The molecule has 0 aromatic heterocycles. The molecule has 1 aliphatic carbocycles. The summed E-state index contributed by atoms with van der Waals surface area (Å²) in [5.74, 6) is 0.159. The molecule has 1 saturated carbocycles. The first-order valence-electron chi connectivity index (χ1n) is 8.79. The predicted molar refractivity (Wildman–Crippen MR) is 105 cm³/mol. The van der Waals surface area contributed by atoms with E-state index in [1.165, 1.54) is 6.07 Å². The molecular weight excluding hydrogens is 412 g/mol. The van der Waals surface area contributed by atoms with Crippen molar-refractivity contribution in [1.82, 2.24) is 10.6 Å². The van der Waals surface area contributed by atoms with Crippen molar-refractivity contribution in [2.75, 3.05) is 13.2 Å². The highest BCUT2D eigenvalue weighted by molar-refractivity contribution is 9.10. The number of ether oxygens (including phenoxy) is 1. The molecule has 0 bridgehead atoms. The molecule has 0 radical (unpaired) electrons. The Labute approximate surface area is 166 Å². The lowest BCUT2D eigenvalue weighted by atomic mass is 10.1. The summed E-state index contributed by atoms with van der Waals surface area (Å²) >= 11 is 3.28. The van der Waals surface area contributed by atoms with Crippen LogP contribution in [0.25, 0.3) is 0 Å². The largest absolute Gasteiger partial charge is 0.507 e. The van der Waals surface area contributed by atoms with Gasteiger partial charge in [-0.3, -0.25) is 9.59 Å². The van der Waals surface area contributed by atoms with Gasteiger partial charge >= 0.3 is 0 Å². The number of rotatable bonds is 8. The number of phenols is 1. The molecule has 0 spiro atoms. The lowest BCUT2D eigenvalue weighted by molar-refractivity contribution is -0.123. The second-order valence-corrected chi connectivity index (χ2v) is 7.36. The summed E-state index contributed by atoms with van der Waals surface area (Å²) in [6.07, 6.45) is 2.75. The second-order valence-electron chi connectivity index (χ2n) is 6.44. The van der Waals surface area contributed by atoms with Crippen LogP contribution in [0.2, 0.25) is 0 Å². The molecule has 7 heteroatoms. The van der Waals surface area contributed by atoms with E-state index in [0.717, 1.165) is 22.9 Å². The van der Waals surface area contributed by atoms with Gasteiger partial charge in [0.25, 0.3) is 11.8 Å². The maximum atomic E-state index is 12.1. The number of amides is 2. The maximum absolute atomic E-state index is 12.1. The van der Waals surface area contributed by atoms with Crippen molar-refractivity contribution in [3.05, 3.63) is 58.1 Å². The van der Waals surface area contributed by atoms with E-state index in [1.807, 2.05) is 24.3 Å². The monoisotopic (exact) mass is 432 g/mol. The first-order valence-corrected chi connectivity index (χ1v) is 9.58. The van der Waals surface area contributed by atoms with Crippen molar-refractivity contribution < 1.29 is 19.4 Å². The van der Waals surface area contributed by atoms with Gasteiger partial charge in [0.05, 0.1) is 5.56 Å². The number of phenolic OH excluding ortho intramolecular Hbond substituents is 1. The average molecular weight is 433 g/mol. The van der Waals surface area contributed by atoms with E-state index >= 15 is 0 Å². The molecule has 1 aliphatic rings. The van der Waals surface area contributed by atoms with E-state index < -0.39 is 0 Å². The third kappa shape index (κ3) is 5.99. The molecule has 0 unspecified atom stereocenters. The van der Waals surface area contributed by atoms with Gasteiger partial charge in [-0.2, -0.15) is 0 Å². The van der Waals surface area contributed by atoms with Gasteiger partial charge < -0.3 is 20.5 Å². The average Bonchev–Trinajstić information content (AvgIpc) is 3.47. The zero-order valence-corrected chi connectivity index (χ0v) is 16.3. The molecule has 0 saturated heterocycles. The Hall–Kier alpha value is -2.54. The minimum Gasteiger partial charge on any atom is -0.507 e. The topological polar surface area (TPSA) is 87.7 Å². The van der Waals surface area contributed by atoms with Crippen molar-refractivity contribution in [2.24, 2.45) is 0 Å². The molecule has 0 aliphatic heterocycles. The van der Waals surface area contributed by atoms with Crippen LogP contribution in [0.15, 0.2) is 46.9 Å². The van der Waals surface area contributed by atoms with E-state index in [0.29, 0.717) is 24.8 Å². The molecule has 3 rings (SSSR count). The number of hydrogen-bond donors (Lipinski definition) is 3. The van der Waals surface area contributed by atoms with Crippen LogP contribution in [0.5, 0.6) is 11.5 Å². The van der Waals surface area contributed by atoms with Crippen LogP contribution < -0.4 is 15.4 Å². The molecule has 0 atom stereocenters. The highest BCUT2D eigenvalue weighted by Gasteiger charge is 2.23. The van der Waals surface area contributed by atoms with Crippen LogP contribution in [0.1, 0.15) is 28.8 Å². The van der Waals surface area contributed by atoms with Crippen LogP contribution in [-0.2, 0) is 11.2 Å².